The van der Waals surface area contributed by atoms with Gasteiger partial charge in [0.05, 0.1) is 0 Å². The van der Waals surface area contributed by atoms with Crippen LogP contribution in [-0.2, 0) is 9.59 Å². The first-order valence-corrected chi connectivity index (χ1v) is 7.47. The topological polar surface area (TPSA) is 75.3 Å². The van der Waals surface area contributed by atoms with Gasteiger partial charge >= 0.3 is 6.03 Å². The van der Waals surface area contributed by atoms with Gasteiger partial charge in [0.1, 0.15) is 5.41 Å². The molecule has 1 heterocycles. The molecule has 1 fully saturated rings. The first kappa shape index (κ1) is 15.0. The Kier molecular flexibility index (Phi) is 5.65. The van der Waals surface area contributed by atoms with Gasteiger partial charge in [-0.1, -0.05) is 20.3 Å². The Hall–Kier alpha value is -1.04. The van der Waals surface area contributed by atoms with Gasteiger partial charge < -0.3 is 0 Å². The molecule has 0 saturated carbocycles. The molecule has 0 bridgehead atoms. The Morgan fingerprint density at radius 3 is 2.17 bits per heavy atom. The quantitative estimate of drug-likeness (QED) is 0.546. The van der Waals surface area contributed by atoms with E-state index in [0.29, 0.717) is 12.8 Å². The summed E-state index contributed by atoms with van der Waals surface area (Å²) in [6.45, 7) is 3.92. The van der Waals surface area contributed by atoms with Gasteiger partial charge in [0.15, 0.2) is 0 Å². The smallest absolute Gasteiger partial charge is 0.277 e. The molecule has 0 unspecified atom stereocenters. The number of urea groups is 1. The Balaban J connectivity index is 2.58. The van der Waals surface area contributed by atoms with Crippen molar-refractivity contribution in [1.82, 2.24) is 10.6 Å². The molecule has 0 aliphatic carbocycles. The number of hydrogen-bond acceptors (Lipinski definition) is 4. The number of nitrogens with one attached hydrogen (secondary N) is 2. The zero-order valence-corrected chi connectivity index (χ0v) is 11.7. The van der Waals surface area contributed by atoms with Crippen LogP contribution < -0.4 is 10.6 Å². The second-order valence-corrected chi connectivity index (χ2v) is 5.61. The lowest BCUT2D eigenvalue weighted by Gasteiger charge is -2.32. The zero-order chi connectivity index (χ0) is 13.6. The van der Waals surface area contributed by atoms with E-state index in [1.165, 1.54) is 0 Å². The average Bonchev–Trinajstić information content (AvgIpc) is 2.32. The van der Waals surface area contributed by atoms with Gasteiger partial charge in [-0.2, -0.15) is 11.8 Å². The molecule has 0 spiro atoms. The summed E-state index contributed by atoms with van der Waals surface area (Å²) in [5, 5.41) is 4.37. The van der Waals surface area contributed by atoms with E-state index in [0.717, 1.165) is 24.3 Å². The van der Waals surface area contributed by atoms with Gasteiger partial charge in [0.2, 0.25) is 11.8 Å². The SMILES string of the molecule is CCCCSCCC1(CC)C(=O)NC(=O)NC1=O. The van der Waals surface area contributed by atoms with E-state index in [4.69, 9.17) is 0 Å². The zero-order valence-electron chi connectivity index (χ0n) is 10.9. The lowest BCUT2D eigenvalue weighted by molar-refractivity contribution is -0.144. The van der Waals surface area contributed by atoms with E-state index in [1.54, 1.807) is 18.7 Å². The van der Waals surface area contributed by atoms with Crippen molar-refractivity contribution in [3.8, 4) is 0 Å². The molecule has 5 nitrogen and oxygen atoms in total. The molecule has 1 rings (SSSR count). The van der Waals surface area contributed by atoms with Gasteiger partial charge in [-0.15, -0.1) is 0 Å². The van der Waals surface area contributed by atoms with Crippen molar-refractivity contribution < 1.29 is 14.4 Å². The molecule has 102 valence electrons. The number of unbranched alkanes of at least 4 members (excludes halogenated alkanes) is 1. The summed E-state index contributed by atoms with van der Waals surface area (Å²) in [5.74, 6) is 0.867. The number of carbonyl (C=O) groups is 3. The van der Waals surface area contributed by atoms with Crippen molar-refractivity contribution in [2.24, 2.45) is 5.41 Å². The van der Waals surface area contributed by atoms with E-state index < -0.39 is 23.3 Å². The van der Waals surface area contributed by atoms with Crippen LogP contribution in [0.4, 0.5) is 4.79 Å². The van der Waals surface area contributed by atoms with Gasteiger partial charge in [-0.05, 0) is 30.8 Å². The molecule has 0 aromatic rings. The van der Waals surface area contributed by atoms with Crippen LogP contribution in [0, 0.1) is 5.41 Å². The van der Waals surface area contributed by atoms with Gasteiger partial charge in [0, 0.05) is 0 Å². The van der Waals surface area contributed by atoms with E-state index in [-0.39, 0.29) is 0 Å². The van der Waals surface area contributed by atoms with Crippen LogP contribution in [0.25, 0.3) is 0 Å². The second kappa shape index (κ2) is 6.78. The summed E-state index contributed by atoms with van der Waals surface area (Å²) >= 11 is 1.75. The van der Waals surface area contributed by atoms with Crippen LogP contribution in [0.5, 0.6) is 0 Å². The fourth-order valence-corrected chi connectivity index (χ4v) is 3.09. The third-order valence-electron chi connectivity index (χ3n) is 3.24. The Labute approximate surface area is 111 Å². The molecule has 2 N–H and O–H groups in total. The minimum absolute atomic E-state index is 0.409. The fourth-order valence-electron chi connectivity index (χ4n) is 1.90. The average molecular weight is 272 g/mol. The maximum atomic E-state index is 11.9. The van der Waals surface area contributed by atoms with Crippen LogP contribution in [-0.4, -0.2) is 29.4 Å². The highest BCUT2D eigenvalue weighted by Gasteiger charge is 2.48. The predicted molar refractivity (Wildman–Crippen MR) is 71.3 cm³/mol. The maximum absolute atomic E-state index is 11.9. The number of rotatable bonds is 7. The van der Waals surface area contributed by atoms with Gasteiger partial charge in [0.25, 0.3) is 0 Å². The highest BCUT2D eigenvalue weighted by Crippen LogP contribution is 2.31. The lowest BCUT2D eigenvalue weighted by Crippen LogP contribution is -2.62. The van der Waals surface area contributed by atoms with E-state index in [9.17, 15) is 14.4 Å². The van der Waals surface area contributed by atoms with E-state index >= 15 is 0 Å². The number of imide groups is 2. The number of barbiturate groups is 1. The van der Waals surface area contributed by atoms with Crippen molar-refractivity contribution >= 4 is 29.6 Å². The first-order valence-electron chi connectivity index (χ1n) is 6.31. The minimum atomic E-state index is -1.08. The Morgan fingerprint density at radius 2 is 1.67 bits per heavy atom. The van der Waals surface area contributed by atoms with E-state index in [1.807, 2.05) is 0 Å². The largest absolute Gasteiger partial charge is 0.328 e. The Bertz CT molecular complexity index is 324. The molecule has 0 atom stereocenters. The van der Waals surface area contributed by atoms with Crippen molar-refractivity contribution in [1.29, 1.82) is 0 Å². The number of thioether (sulfide) groups is 1. The summed E-state index contributed by atoms with van der Waals surface area (Å²) in [7, 11) is 0. The third kappa shape index (κ3) is 3.25. The Morgan fingerprint density at radius 1 is 1.06 bits per heavy atom. The molecule has 0 aromatic carbocycles. The molecule has 1 aliphatic heterocycles. The summed E-state index contributed by atoms with van der Waals surface area (Å²) in [6, 6.07) is -0.715. The number of amides is 4. The van der Waals surface area contributed by atoms with Crippen molar-refractivity contribution in [2.45, 2.75) is 39.5 Å². The first-order chi connectivity index (χ1) is 8.56. The minimum Gasteiger partial charge on any atom is -0.277 e. The molecule has 6 heteroatoms. The maximum Gasteiger partial charge on any atom is 0.328 e. The van der Waals surface area contributed by atoms with Gasteiger partial charge in [-0.3, -0.25) is 20.2 Å². The van der Waals surface area contributed by atoms with Crippen molar-refractivity contribution in [2.75, 3.05) is 11.5 Å². The van der Waals surface area contributed by atoms with Crippen LogP contribution in [0.2, 0.25) is 0 Å². The standard InChI is InChI=1S/C12H20N2O3S/c1-3-5-7-18-8-6-12(4-2)9(15)13-11(17)14-10(12)16/h3-8H2,1-2H3,(H2,13,14,15,16,17). The monoisotopic (exact) mass is 272 g/mol. The highest BCUT2D eigenvalue weighted by molar-refractivity contribution is 7.99. The fraction of sp³-hybridized carbons (Fsp3) is 0.750. The van der Waals surface area contributed by atoms with Crippen molar-refractivity contribution in [3.63, 3.8) is 0 Å². The second-order valence-electron chi connectivity index (χ2n) is 4.39. The van der Waals surface area contributed by atoms with E-state index in [2.05, 4.69) is 17.6 Å². The summed E-state index contributed by atoms with van der Waals surface area (Å²) < 4.78 is 0. The lowest BCUT2D eigenvalue weighted by atomic mass is 9.79. The number of hydrogen-bond donors (Lipinski definition) is 2. The molecule has 1 saturated heterocycles. The van der Waals surface area contributed by atoms with Crippen molar-refractivity contribution in [3.05, 3.63) is 0 Å². The molecule has 4 amide bonds. The predicted octanol–water partition coefficient (Wildman–Crippen LogP) is 1.67. The molecule has 0 aromatic heterocycles. The molecule has 18 heavy (non-hydrogen) atoms. The van der Waals surface area contributed by atoms with Gasteiger partial charge in [-0.25, -0.2) is 4.79 Å². The normalized spacial score (nSPS) is 18.4. The molecule has 1 aliphatic rings. The summed E-state index contributed by atoms with van der Waals surface area (Å²) in [4.78, 5) is 34.8. The summed E-state index contributed by atoms with van der Waals surface area (Å²) in [6.07, 6.45) is 3.16. The molecular formula is C12H20N2O3S. The number of carbonyl (C=O) groups excluding carboxylic acids is 3. The molecule has 0 radical (unpaired) electrons. The molecular weight excluding hydrogens is 252 g/mol. The van der Waals surface area contributed by atoms with Crippen LogP contribution in [0.15, 0.2) is 0 Å². The van der Waals surface area contributed by atoms with Crippen LogP contribution >= 0.6 is 11.8 Å². The van der Waals surface area contributed by atoms with Crippen LogP contribution in [0.3, 0.4) is 0 Å². The summed E-state index contributed by atoms with van der Waals surface area (Å²) in [5.41, 5.74) is -1.08. The highest BCUT2D eigenvalue weighted by atomic mass is 32.2. The van der Waals surface area contributed by atoms with Crippen LogP contribution in [0.1, 0.15) is 39.5 Å². The third-order valence-corrected chi connectivity index (χ3v) is 4.31.